The van der Waals surface area contributed by atoms with E-state index in [1.165, 1.54) is 6.92 Å². The maximum Gasteiger partial charge on any atom is 0.224 e. The Morgan fingerprint density at radius 2 is 2.24 bits per heavy atom. The molecule has 0 atom stereocenters. The van der Waals surface area contributed by atoms with Gasteiger partial charge in [0.1, 0.15) is 5.82 Å². The van der Waals surface area contributed by atoms with Crippen molar-refractivity contribution < 1.29 is 9.53 Å². The number of halogens is 1. The van der Waals surface area contributed by atoms with Crippen LogP contribution < -0.4 is 10.2 Å². The van der Waals surface area contributed by atoms with E-state index < -0.39 is 0 Å². The summed E-state index contributed by atoms with van der Waals surface area (Å²) in [6.07, 6.45) is 0. The predicted octanol–water partition coefficient (Wildman–Crippen LogP) is 1.34. The van der Waals surface area contributed by atoms with Crippen LogP contribution in [0, 0.1) is 0 Å². The normalized spacial score (nSPS) is 15.0. The van der Waals surface area contributed by atoms with Gasteiger partial charge in [-0.1, -0.05) is 0 Å². The molecule has 116 valence electrons. The second kappa shape index (κ2) is 8.41. The number of rotatable bonds is 6. The van der Waals surface area contributed by atoms with Crippen LogP contribution in [0.3, 0.4) is 0 Å². The minimum absolute atomic E-state index is 0.00437. The highest BCUT2D eigenvalue weighted by atomic mass is 35.5. The van der Waals surface area contributed by atoms with Crippen LogP contribution in [0.4, 0.5) is 5.82 Å². The number of carbonyl (C=O) groups is 1. The SMILES string of the molecule is CC(=O)NCCSCc1cc(N2CCOCC2)nc(Cl)n1. The van der Waals surface area contributed by atoms with Gasteiger partial charge in [0, 0.05) is 44.1 Å². The smallest absolute Gasteiger partial charge is 0.224 e. The molecule has 0 unspecified atom stereocenters. The van der Waals surface area contributed by atoms with Crippen molar-refractivity contribution in [2.24, 2.45) is 0 Å². The van der Waals surface area contributed by atoms with Gasteiger partial charge in [0.15, 0.2) is 0 Å². The Hall–Kier alpha value is -1.05. The first-order chi connectivity index (χ1) is 10.1. The van der Waals surface area contributed by atoms with Crippen molar-refractivity contribution in [1.29, 1.82) is 0 Å². The Morgan fingerprint density at radius 1 is 1.48 bits per heavy atom. The van der Waals surface area contributed by atoms with Gasteiger partial charge in [-0.05, 0) is 11.6 Å². The van der Waals surface area contributed by atoms with Gasteiger partial charge < -0.3 is 15.0 Å². The molecule has 2 rings (SSSR count). The third-order valence-corrected chi connectivity index (χ3v) is 4.11. The molecular formula is C13H19ClN4O2S. The lowest BCUT2D eigenvalue weighted by Gasteiger charge is -2.28. The Labute approximate surface area is 133 Å². The number of aromatic nitrogens is 2. The maximum absolute atomic E-state index is 10.8. The largest absolute Gasteiger partial charge is 0.378 e. The van der Waals surface area contributed by atoms with Crippen LogP contribution in [0.5, 0.6) is 0 Å². The molecule has 1 amide bonds. The van der Waals surface area contributed by atoms with E-state index in [9.17, 15) is 4.79 Å². The monoisotopic (exact) mass is 330 g/mol. The lowest BCUT2D eigenvalue weighted by molar-refractivity contribution is -0.118. The minimum Gasteiger partial charge on any atom is -0.378 e. The predicted molar refractivity (Wildman–Crippen MR) is 84.9 cm³/mol. The Kier molecular flexibility index (Phi) is 6.53. The van der Waals surface area contributed by atoms with Crippen molar-refractivity contribution in [2.75, 3.05) is 43.5 Å². The topological polar surface area (TPSA) is 67.4 Å². The fraction of sp³-hybridized carbons (Fsp3) is 0.615. The average Bonchev–Trinajstić information content (AvgIpc) is 2.47. The molecule has 21 heavy (non-hydrogen) atoms. The third-order valence-electron chi connectivity index (χ3n) is 2.94. The molecular weight excluding hydrogens is 312 g/mol. The van der Waals surface area contributed by atoms with Crippen LogP contribution in [0.1, 0.15) is 12.6 Å². The lowest BCUT2D eigenvalue weighted by Crippen LogP contribution is -2.36. The molecule has 1 N–H and O–H groups in total. The van der Waals surface area contributed by atoms with Crippen molar-refractivity contribution in [3.63, 3.8) is 0 Å². The molecule has 0 spiro atoms. The van der Waals surface area contributed by atoms with Gasteiger partial charge in [-0.2, -0.15) is 11.8 Å². The summed E-state index contributed by atoms with van der Waals surface area (Å²) in [6, 6.07) is 1.97. The van der Waals surface area contributed by atoms with Crippen LogP contribution in [0.25, 0.3) is 0 Å². The number of ether oxygens (including phenoxy) is 1. The van der Waals surface area contributed by atoms with Crippen LogP contribution in [0.15, 0.2) is 6.07 Å². The highest BCUT2D eigenvalue weighted by Crippen LogP contribution is 2.19. The zero-order chi connectivity index (χ0) is 15.1. The number of morpholine rings is 1. The van der Waals surface area contributed by atoms with Crippen molar-refractivity contribution in [3.05, 3.63) is 17.0 Å². The molecule has 0 saturated carbocycles. The van der Waals surface area contributed by atoms with E-state index in [2.05, 4.69) is 20.2 Å². The summed E-state index contributed by atoms with van der Waals surface area (Å²) in [5.41, 5.74) is 0.907. The quantitative estimate of drug-likeness (QED) is 0.627. The van der Waals surface area contributed by atoms with Crippen LogP contribution >= 0.6 is 23.4 Å². The standard InChI is InChI=1S/C13H19ClN4O2S/c1-10(19)15-2-7-21-9-11-8-12(17-13(14)16-11)18-3-5-20-6-4-18/h8H,2-7,9H2,1H3,(H,15,19). The second-order valence-corrected chi connectivity index (χ2v) is 6.06. The number of nitrogens with zero attached hydrogens (tertiary/aromatic N) is 3. The molecule has 1 saturated heterocycles. The van der Waals surface area contributed by atoms with E-state index in [-0.39, 0.29) is 11.2 Å². The number of nitrogens with one attached hydrogen (secondary N) is 1. The zero-order valence-electron chi connectivity index (χ0n) is 12.0. The molecule has 0 radical (unpaired) electrons. The fourth-order valence-electron chi connectivity index (χ4n) is 1.96. The lowest BCUT2D eigenvalue weighted by atomic mass is 10.3. The van der Waals surface area contributed by atoms with E-state index in [4.69, 9.17) is 16.3 Å². The maximum atomic E-state index is 10.8. The molecule has 0 aromatic carbocycles. The van der Waals surface area contributed by atoms with Gasteiger partial charge in [-0.25, -0.2) is 9.97 Å². The summed E-state index contributed by atoms with van der Waals surface area (Å²) < 4.78 is 5.34. The molecule has 1 aromatic rings. The summed E-state index contributed by atoms with van der Waals surface area (Å²) in [6.45, 7) is 5.24. The van der Waals surface area contributed by atoms with E-state index in [0.29, 0.717) is 19.8 Å². The number of amides is 1. The van der Waals surface area contributed by atoms with Crippen molar-refractivity contribution in [2.45, 2.75) is 12.7 Å². The Bertz CT molecular complexity index is 483. The third kappa shape index (κ3) is 5.68. The molecule has 0 aliphatic carbocycles. The van der Waals surface area contributed by atoms with Gasteiger partial charge in [0.25, 0.3) is 0 Å². The van der Waals surface area contributed by atoms with E-state index >= 15 is 0 Å². The molecule has 1 fully saturated rings. The zero-order valence-corrected chi connectivity index (χ0v) is 13.5. The number of carbonyl (C=O) groups excluding carboxylic acids is 1. The first-order valence-corrected chi connectivity index (χ1v) is 8.37. The van der Waals surface area contributed by atoms with E-state index in [1.807, 2.05) is 6.07 Å². The molecule has 1 aromatic heterocycles. The molecule has 2 heterocycles. The van der Waals surface area contributed by atoms with Gasteiger partial charge in [0.05, 0.1) is 18.9 Å². The molecule has 8 heteroatoms. The van der Waals surface area contributed by atoms with Gasteiger partial charge >= 0.3 is 0 Å². The molecule has 6 nitrogen and oxygen atoms in total. The first-order valence-electron chi connectivity index (χ1n) is 6.83. The van der Waals surface area contributed by atoms with Crippen molar-refractivity contribution in [1.82, 2.24) is 15.3 Å². The van der Waals surface area contributed by atoms with Crippen LogP contribution in [0.2, 0.25) is 5.28 Å². The number of hydrogen-bond acceptors (Lipinski definition) is 6. The van der Waals surface area contributed by atoms with Gasteiger partial charge in [-0.3, -0.25) is 4.79 Å². The first kappa shape index (κ1) is 16.3. The van der Waals surface area contributed by atoms with Gasteiger partial charge in [-0.15, -0.1) is 0 Å². The summed E-state index contributed by atoms with van der Waals surface area (Å²) in [5, 5.41) is 3.04. The van der Waals surface area contributed by atoms with Gasteiger partial charge in [0.2, 0.25) is 11.2 Å². The summed E-state index contributed by atoms with van der Waals surface area (Å²) in [7, 11) is 0. The number of anilines is 1. The number of thioether (sulfide) groups is 1. The summed E-state index contributed by atoms with van der Waals surface area (Å²) in [4.78, 5) is 21.5. The average molecular weight is 331 g/mol. The summed E-state index contributed by atoms with van der Waals surface area (Å²) in [5.74, 6) is 2.44. The minimum atomic E-state index is -0.00437. The fourth-order valence-corrected chi connectivity index (χ4v) is 2.90. The highest BCUT2D eigenvalue weighted by molar-refractivity contribution is 7.98. The number of hydrogen-bond donors (Lipinski definition) is 1. The summed E-state index contributed by atoms with van der Waals surface area (Å²) >= 11 is 7.71. The molecule has 1 aliphatic rings. The van der Waals surface area contributed by atoms with E-state index in [1.54, 1.807) is 11.8 Å². The van der Waals surface area contributed by atoms with Crippen LogP contribution in [-0.2, 0) is 15.3 Å². The second-order valence-electron chi connectivity index (χ2n) is 4.62. The van der Waals surface area contributed by atoms with Crippen LogP contribution in [-0.4, -0.2) is 54.5 Å². The highest BCUT2D eigenvalue weighted by Gasteiger charge is 2.14. The van der Waals surface area contributed by atoms with Crippen molar-refractivity contribution in [3.8, 4) is 0 Å². The Balaban J connectivity index is 1.87. The van der Waals surface area contributed by atoms with Crippen molar-refractivity contribution >= 4 is 35.1 Å². The molecule has 0 bridgehead atoms. The molecule has 1 aliphatic heterocycles. The van der Waals surface area contributed by atoms with E-state index in [0.717, 1.165) is 36.1 Å². The Morgan fingerprint density at radius 3 is 2.95 bits per heavy atom.